The van der Waals surface area contributed by atoms with Gasteiger partial charge in [0.15, 0.2) is 0 Å². The van der Waals surface area contributed by atoms with Crippen molar-refractivity contribution in [3.8, 4) is 17.2 Å². The van der Waals surface area contributed by atoms with Gasteiger partial charge >= 0.3 is 0 Å². The van der Waals surface area contributed by atoms with Crippen molar-refractivity contribution < 1.29 is 10.2 Å². The number of aromatic hydroxyl groups is 2. The highest BCUT2D eigenvalue weighted by molar-refractivity contribution is 9.10. The molecule has 0 fully saturated rings. The van der Waals surface area contributed by atoms with E-state index in [2.05, 4.69) is 98.4 Å². The van der Waals surface area contributed by atoms with Gasteiger partial charge in [-0.25, -0.2) is 0 Å². The lowest BCUT2D eigenvalue weighted by molar-refractivity contribution is 0.467. The van der Waals surface area contributed by atoms with Crippen LogP contribution < -0.4 is 0 Å². The van der Waals surface area contributed by atoms with Gasteiger partial charge < -0.3 is 14.8 Å². The van der Waals surface area contributed by atoms with Gasteiger partial charge in [-0.3, -0.25) is 4.99 Å². The molecule has 46 heavy (non-hydrogen) atoms. The van der Waals surface area contributed by atoms with E-state index in [1.54, 1.807) is 18.0 Å². The zero-order valence-electron chi connectivity index (χ0n) is 27.1. The van der Waals surface area contributed by atoms with E-state index in [9.17, 15) is 10.2 Å². The number of nitrogens with zero attached hydrogens (tertiary/aromatic N) is 2. The molecule has 0 saturated carbocycles. The fourth-order valence-electron chi connectivity index (χ4n) is 5.71. The lowest BCUT2D eigenvalue weighted by Crippen LogP contribution is -2.10. The van der Waals surface area contributed by atoms with Crippen LogP contribution in [0.1, 0.15) is 63.8 Å². The maximum atomic E-state index is 11.8. The molecule has 1 aromatic heterocycles. The molecule has 6 heteroatoms. The Hall–Kier alpha value is -4.00. The van der Waals surface area contributed by atoms with Gasteiger partial charge in [0.1, 0.15) is 11.5 Å². The molecule has 0 amide bonds. The average molecular weight is 692 g/mol. The van der Waals surface area contributed by atoms with E-state index in [1.807, 2.05) is 60.7 Å². The summed E-state index contributed by atoms with van der Waals surface area (Å²) in [5, 5.41) is 24.5. The molecule has 0 unspecified atom stereocenters. The fourth-order valence-corrected chi connectivity index (χ4v) is 7.10. The Morgan fingerprint density at radius 3 is 1.96 bits per heavy atom. The van der Waals surface area contributed by atoms with Crippen molar-refractivity contribution in [2.45, 2.75) is 63.0 Å². The summed E-state index contributed by atoms with van der Waals surface area (Å²) in [5.41, 5.74) is 7.66. The van der Waals surface area contributed by atoms with Crippen molar-refractivity contribution in [3.63, 3.8) is 0 Å². The van der Waals surface area contributed by atoms with Crippen LogP contribution in [0.4, 0.5) is 5.69 Å². The summed E-state index contributed by atoms with van der Waals surface area (Å²) < 4.78 is 2.85. The maximum absolute atomic E-state index is 11.8. The number of aromatic nitrogens is 1. The van der Waals surface area contributed by atoms with Gasteiger partial charge in [-0.2, -0.15) is 0 Å². The quantitative estimate of drug-likeness (QED) is 0.135. The van der Waals surface area contributed by atoms with Crippen LogP contribution in [0, 0.1) is 0 Å². The number of halogens is 1. The summed E-state index contributed by atoms with van der Waals surface area (Å²) in [5.74, 6) is 1.03. The number of hydrogen-bond acceptors (Lipinski definition) is 4. The molecular formula is C40H39BrN2O2S. The Balaban J connectivity index is 1.42. The van der Waals surface area contributed by atoms with Gasteiger partial charge in [-0.05, 0) is 92.5 Å². The van der Waals surface area contributed by atoms with Crippen LogP contribution in [0.2, 0.25) is 0 Å². The first-order valence-corrected chi connectivity index (χ1v) is 17.2. The standard InChI is InChI=1S/C40H39BrN2O2S/c1-39(2,3)27-17-19-33-29(21-27)30-22-28(40(4,5)6)18-20-34(30)43(33)35-15-10-11-25(38(35)45)23-42-32-14-7-8-16-36(32)46-24-26-12-9-13-31(41)37(26)44/h7-23,44-45H,24H2,1-6H3. The number of rotatable bonds is 6. The SMILES string of the molecule is CC(C)(C)c1ccc2c(c1)c1cc(C(C)(C)C)ccc1n2-c1cccc(C=Nc2ccccc2SCc2cccc(Br)c2O)c1O. The number of para-hydroxylation sites is 3. The number of benzene rings is 5. The Labute approximate surface area is 284 Å². The molecular weight excluding hydrogens is 652 g/mol. The monoisotopic (exact) mass is 690 g/mol. The number of aliphatic imine (C=N–C) groups is 1. The zero-order valence-corrected chi connectivity index (χ0v) is 29.5. The lowest BCUT2D eigenvalue weighted by Gasteiger charge is -2.19. The summed E-state index contributed by atoms with van der Waals surface area (Å²) in [4.78, 5) is 5.81. The van der Waals surface area contributed by atoms with Crippen LogP contribution in [0.25, 0.3) is 27.5 Å². The van der Waals surface area contributed by atoms with Crippen LogP contribution >= 0.6 is 27.7 Å². The zero-order chi connectivity index (χ0) is 32.8. The second kappa shape index (κ2) is 12.3. The summed E-state index contributed by atoms with van der Waals surface area (Å²) in [6.45, 7) is 13.4. The third-order valence-electron chi connectivity index (χ3n) is 8.45. The summed E-state index contributed by atoms with van der Waals surface area (Å²) in [7, 11) is 0. The molecule has 0 atom stereocenters. The highest BCUT2D eigenvalue weighted by Crippen LogP contribution is 2.40. The van der Waals surface area contributed by atoms with Gasteiger partial charge in [0.05, 0.1) is 26.9 Å². The molecule has 6 rings (SSSR count). The Morgan fingerprint density at radius 1 is 0.717 bits per heavy atom. The normalized spacial score (nSPS) is 12.5. The average Bonchev–Trinajstić information content (AvgIpc) is 3.34. The van der Waals surface area contributed by atoms with Crippen molar-refractivity contribution in [1.29, 1.82) is 0 Å². The fraction of sp³-hybridized carbons (Fsp3) is 0.225. The molecule has 0 aliphatic heterocycles. The second-order valence-electron chi connectivity index (χ2n) is 13.8. The van der Waals surface area contributed by atoms with E-state index in [0.717, 1.165) is 27.2 Å². The Morgan fingerprint density at radius 2 is 1.33 bits per heavy atom. The van der Waals surface area contributed by atoms with Crippen molar-refractivity contribution >= 4 is 61.4 Å². The van der Waals surface area contributed by atoms with E-state index >= 15 is 0 Å². The third-order valence-corrected chi connectivity index (χ3v) is 10.2. The molecule has 2 N–H and O–H groups in total. The predicted molar refractivity (Wildman–Crippen MR) is 199 cm³/mol. The van der Waals surface area contributed by atoms with Crippen molar-refractivity contribution in [1.82, 2.24) is 4.57 Å². The molecule has 0 aliphatic rings. The minimum atomic E-state index is 0.00960. The van der Waals surface area contributed by atoms with Gasteiger partial charge in [0, 0.05) is 38.8 Å². The summed E-state index contributed by atoms with van der Waals surface area (Å²) in [6, 6.07) is 32.8. The molecule has 1 heterocycles. The minimum absolute atomic E-state index is 0.00960. The second-order valence-corrected chi connectivity index (χ2v) is 15.6. The number of fused-ring (bicyclic) bond motifs is 3. The van der Waals surface area contributed by atoms with Gasteiger partial charge in [-0.1, -0.05) is 84.0 Å². The molecule has 0 saturated heterocycles. The van der Waals surface area contributed by atoms with Crippen molar-refractivity contribution in [3.05, 3.63) is 124 Å². The van der Waals surface area contributed by atoms with Crippen LogP contribution in [-0.4, -0.2) is 21.0 Å². The van der Waals surface area contributed by atoms with E-state index in [-0.39, 0.29) is 22.3 Å². The van der Waals surface area contributed by atoms with E-state index in [4.69, 9.17) is 4.99 Å². The molecule has 6 aromatic rings. The van der Waals surface area contributed by atoms with Gasteiger partial charge in [0.25, 0.3) is 0 Å². The number of hydrogen-bond donors (Lipinski definition) is 2. The third kappa shape index (κ3) is 6.21. The smallest absolute Gasteiger partial charge is 0.148 e. The Bertz CT molecular complexity index is 2040. The lowest BCUT2D eigenvalue weighted by atomic mass is 9.85. The first-order chi connectivity index (χ1) is 21.8. The first-order valence-electron chi connectivity index (χ1n) is 15.5. The van der Waals surface area contributed by atoms with E-state index < -0.39 is 0 Å². The first kappa shape index (κ1) is 32.0. The van der Waals surface area contributed by atoms with Crippen LogP contribution in [0.15, 0.2) is 111 Å². The Kier molecular flexibility index (Phi) is 8.55. The van der Waals surface area contributed by atoms with Crippen LogP contribution in [0.5, 0.6) is 11.5 Å². The predicted octanol–water partition coefficient (Wildman–Crippen LogP) is 11.6. The van der Waals surface area contributed by atoms with Gasteiger partial charge in [0.2, 0.25) is 0 Å². The maximum Gasteiger partial charge on any atom is 0.148 e. The molecule has 0 radical (unpaired) electrons. The largest absolute Gasteiger partial charge is 0.506 e. The van der Waals surface area contributed by atoms with Crippen molar-refractivity contribution in [2.24, 2.45) is 4.99 Å². The van der Waals surface area contributed by atoms with E-state index in [1.165, 1.54) is 21.9 Å². The topological polar surface area (TPSA) is 57.8 Å². The summed E-state index contributed by atoms with van der Waals surface area (Å²) in [6.07, 6.45) is 1.73. The molecule has 0 spiro atoms. The van der Waals surface area contributed by atoms with Crippen molar-refractivity contribution in [2.75, 3.05) is 0 Å². The highest BCUT2D eigenvalue weighted by Gasteiger charge is 2.22. The molecule has 4 nitrogen and oxygen atoms in total. The van der Waals surface area contributed by atoms with Crippen LogP contribution in [0.3, 0.4) is 0 Å². The molecule has 0 bridgehead atoms. The number of phenolic OH excluding ortho intramolecular Hbond substituents is 2. The minimum Gasteiger partial charge on any atom is -0.506 e. The van der Waals surface area contributed by atoms with Gasteiger partial charge in [-0.15, -0.1) is 11.8 Å². The van der Waals surface area contributed by atoms with E-state index in [0.29, 0.717) is 21.5 Å². The number of thioether (sulfide) groups is 1. The molecule has 234 valence electrons. The molecule has 5 aromatic carbocycles. The summed E-state index contributed by atoms with van der Waals surface area (Å²) >= 11 is 5.01. The molecule has 0 aliphatic carbocycles. The number of phenols is 2. The van der Waals surface area contributed by atoms with Crippen LogP contribution in [-0.2, 0) is 16.6 Å². The highest BCUT2D eigenvalue weighted by atomic mass is 79.9.